The van der Waals surface area contributed by atoms with Crippen LogP contribution in [0.15, 0.2) is 24.3 Å². The van der Waals surface area contributed by atoms with Gasteiger partial charge in [-0.05, 0) is 45.9 Å². The van der Waals surface area contributed by atoms with Crippen LogP contribution in [0, 0.1) is 0 Å². The van der Waals surface area contributed by atoms with E-state index in [-0.39, 0.29) is 17.6 Å². The number of ether oxygens (including phenoxy) is 2. The summed E-state index contributed by atoms with van der Waals surface area (Å²) in [6.07, 6.45) is 0.143. The van der Waals surface area contributed by atoms with Crippen molar-refractivity contribution < 1.29 is 14.3 Å². The van der Waals surface area contributed by atoms with Crippen molar-refractivity contribution in [3.8, 4) is 5.75 Å². The van der Waals surface area contributed by atoms with Gasteiger partial charge in [0.25, 0.3) is 5.91 Å². The van der Waals surface area contributed by atoms with Gasteiger partial charge in [0, 0.05) is 18.7 Å². The van der Waals surface area contributed by atoms with Crippen molar-refractivity contribution in [2.75, 3.05) is 19.7 Å². The van der Waals surface area contributed by atoms with Crippen LogP contribution in [-0.2, 0) is 4.74 Å². The lowest BCUT2D eigenvalue weighted by molar-refractivity contribution is 0.0772. The van der Waals surface area contributed by atoms with Gasteiger partial charge in [-0.1, -0.05) is 6.07 Å². The van der Waals surface area contributed by atoms with Crippen molar-refractivity contribution in [2.45, 2.75) is 39.4 Å². The average Bonchev–Trinajstić information content (AvgIpc) is 3.05. The highest BCUT2D eigenvalue weighted by molar-refractivity contribution is 5.94. The molecule has 0 spiro atoms. The number of amides is 1. The number of benzene rings is 1. The van der Waals surface area contributed by atoms with Gasteiger partial charge in [-0.2, -0.15) is 0 Å². The summed E-state index contributed by atoms with van der Waals surface area (Å²) in [7, 11) is 0. The Bertz CT molecular complexity index is 480. The van der Waals surface area contributed by atoms with E-state index in [1.165, 1.54) is 0 Å². The molecule has 0 saturated carbocycles. The summed E-state index contributed by atoms with van der Waals surface area (Å²) in [5.74, 6) is 0.762. The van der Waals surface area contributed by atoms with Gasteiger partial charge in [0.1, 0.15) is 18.5 Å². The summed E-state index contributed by atoms with van der Waals surface area (Å²) in [5, 5.41) is 0. The highest BCUT2D eigenvalue weighted by atomic mass is 16.6. The second kappa shape index (κ2) is 5.83. The zero-order valence-electron chi connectivity index (χ0n) is 12.7. The second-order valence-corrected chi connectivity index (χ2v) is 5.53. The fraction of sp³-hybridized carbons (Fsp3) is 0.562. The molecule has 0 N–H and O–H groups in total. The van der Waals surface area contributed by atoms with Crippen LogP contribution in [0.5, 0.6) is 5.75 Å². The Morgan fingerprint density at radius 3 is 2.55 bits per heavy atom. The van der Waals surface area contributed by atoms with E-state index < -0.39 is 0 Å². The highest BCUT2D eigenvalue weighted by Crippen LogP contribution is 2.35. The molecule has 0 aliphatic carbocycles. The van der Waals surface area contributed by atoms with Gasteiger partial charge in [0.15, 0.2) is 0 Å². The molecule has 0 bridgehead atoms. The first-order chi connectivity index (χ1) is 9.47. The van der Waals surface area contributed by atoms with E-state index in [9.17, 15) is 4.79 Å². The van der Waals surface area contributed by atoms with Gasteiger partial charge in [-0.15, -0.1) is 0 Å². The maximum absolute atomic E-state index is 12.3. The Kier molecular flexibility index (Phi) is 4.33. The average molecular weight is 277 g/mol. The zero-order valence-corrected chi connectivity index (χ0v) is 12.7. The van der Waals surface area contributed by atoms with Crippen LogP contribution in [0.2, 0.25) is 0 Å². The minimum absolute atomic E-state index is 0.0449. The molecule has 1 heterocycles. The summed E-state index contributed by atoms with van der Waals surface area (Å²) in [6.45, 7) is 10.00. The van der Waals surface area contributed by atoms with Crippen molar-refractivity contribution in [3.63, 3.8) is 0 Å². The second-order valence-electron chi connectivity index (χ2n) is 5.53. The number of carbonyl (C=O) groups is 1. The maximum atomic E-state index is 12.3. The first-order valence-electron chi connectivity index (χ1n) is 7.18. The molecule has 2 rings (SSSR count). The van der Waals surface area contributed by atoms with Gasteiger partial charge in [-0.25, -0.2) is 0 Å². The quantitative estimate of drug-likeness (QED) is 0.751. The number of rotatable bonds is 6. The molecule has 0 radical (unpaired) electrons. The van der Waals surface area contributed by atoms with Crippen molar-refractivity contribution in [2.24, 2.45) is 0 Å². The Hall–Kier alpha value is -1.55. The highest BCUT2D eigenvalue weighted by Gasteiger charge is 2.48. The lowest BCUT2D eigenvalue weighted by atomic mass is 10.1. The first kappa shape index (κ1) is 14.9. The summed E-state index contributed by atoms with van der Waals surface area (Å²) in [5.41, 5.74) is 0.594. The fourth-order valence-corrected chi connectivity index (χ4v) is 2.15. The van der Waals surface area contributed by atoms with E-state index in [0.29, 0.717) is 31.0 Å². The van der Waals surface area contributed by atoms with Crippen molar-refractivity contribution in [1.82, 2.24) is 4.90 Å². The molecule has 1 unspecified atom stereocenters. The third-order valence-electron chi connectivity index (χ3n) is 3.70. The van der Waals surface area contributed by atoms with Crippen LogP contribution in [0.25, 0.3) is 0 Å². The Balaban J connectivity index is 1.99. The van der Waals surface area contributed by atoms with Crippen LogP contribution in [0.4, 0.5) is 0 Å². The minimum Gasteiger partial charge on any atom is -0.491 e. The molecule has 0 aromatic heterocycles. The topological polar surface area (TPSA) is 42.1 Å². The third kappa shape index (κ3) is 3.31. The maximum Gasteiger partial charge on any atom is 0.253 e. The Morgan fingerprint density at radius 2 is 2.00 bits per heavy atom. The number of carbonyl (C=O) groups excluding carboxylic acids is 1. The van der Waals surface area contributed by atoms with E-state index in [1.54, 1.807) is 11.0 Å². The van der Waals surface area contributed by atoms with E-state index in [0.717, 1.165) is 0 Å². The molecule has 20 heavy (non-hydrogen) atoms. The third-order valence-corrected chi connectivity index (χ3v) is 3.70. The van der Waals surface area contributed by atoms with Crippen LogP contribution in [0.3, 0.4) is 0 Å². The van der Waals surface area contributed by atoms with Crippen LogP contribution < -0.4 is 4.74 Å². The van der Waals surface area contributed by atoms with Gasteiger partial charge < -0.3 is 14.4 Å². The van der Waals surface area contributed by atoms with Gasteiger partial charge in [0.05, 0.1) is 5.60 Å². The summed E-state index contributed by atoms with van der Waals surface area (Å²) >= 11 is 0. The fourth-order valence-electron chi connectivity index (χ4n) is 2.15. The standard InChI is InChI=1S/C16H23NO3/c1-5-17(6-2)15(18)12-8-7-9-13(10-12)19-11-14-16(3,4)20-14/h7-10,14H,5-6,11H2,1-4H3. The van der Waals surface area contributed by atoms with Crippen LogP contribution >= 0.6 is 0 Å². The molecular formula is C16H23NO3. The monoisotopic (exact) mass is 277 g/mol. The van der Waals surface area contributed by atoms with E-state index in [4.69, 9.17) is 9.47 Å². The summed E-state index contributed by atoms with van der Waals surface area (Å²) < 4.78 is 11.2. The number of epoxide rings is 1. The molecule has 4 nitrogen and oxygen atoms in total. The van der Waals surface area contributed by atoms with Crippen LogP contribution in [-0.4, -0.2) is 42.2 Å². The minimum atomic E-state index is -0.0748. The van der Waals surface area contributed by atoms with Crippen molar-refractivity contribution in [1.29, 1.82) is 0 Å². The molecule has 1 aromatic rings. The molecule has 1 saturated heterocycles. The number of nitrogens with zero attached hydrogens (tertiary/aromatic N) is 1. The lowest BCUT2D eigenvalue weighted by Gasteiger charge is -2.18. The van der Waals surface area contributed by atoms with E-state index in [1.807, 2.05) is 45.9 Å². The normalized spacial score (nSPS) is 19.5. The first-order valence-corrected chi connectivity index (χ1v) is 7.18. The van der Waals surface area contributed by atoms with Crippen LogP contribution in [0.1, 0.15) is 38.1 Å². The SMILES string of the molecule is CCN(CC)C(=O)c1cccc(OCC2OC2(C)C)c1. The molecule has 1 aliphatic heterocycles. The molecule has 110 valence electrons. The summed E-state index contributed by atoms with van der Waals surface area (Å²) in [4.78, 5) is 14.1. The van der Waals surface area contributed by atoms with E-state index in [2.05, 4.69) is 0 Å². The van der Waals surface area contributed by atoms with Crippen molar-refractivity contribution >= 4 is 5.91 Å². The Morgan fingerprint density at radius 1 is 1.35 bits per heavy atom. The molecule has 1 amide bonds. The van der Waals surface area contributed by atoms with Gasteiger partial charge >= 0.3 is 0 Å². The predicted molar refractivity (Wildman–Crippen MR) is 78.1 cm³/mol. The van der Waals surface area contributed by atoms with Gasteiger partial charge in [-0.3, -0.25) is 4.79 Å². The number of hydrogen-bond donors (Lipinski definition) is 0. The lowest BCUT2D eigenvalue weighted by Crippen LogP contribution is -2.30. The molecule has 1 atom stereocenters. The van der Waals surface area contributed by atoms with Crippen molar-refractivity contribution in [3.05, 3.63) is 29.8 Å². The molecule has 4 heteroatoms. The molecule has 1 aromatic carbocycles. The molecule has 1 fully saturated rings. The predicted octanol–water partition coefficient (Wildman–Crippen LogP) is 2.72. The molecular weight excluding hydrogens is 254 g/mol. The smallest absolute Gasteiger partial charge is 0.253 e. The summed E-state index contributed by atoms with van der Waals surface area (Å²) in [6, 6.07) is 7.35. The Labute approximate surface area is 120 Å². The van der Waals surface area contributed by atoms with E-state index >= 15 is 0 Å². The zero-order chi connectivity index (χ0) is 14.8. The molecule has 1 aliphatic rings. The number of hydrogen-bond acceptors (Lipinski definition) is 3. The van der Waals surface area contributed by atoms with Gasteiger partial charge in [0.2, 0.25) is 0 Å². The largest absolute Gasteiger partial charge is 0.491 e.